The lowest BCUT2D eigenvalue weighted by atomic mass is 9.98. The van der Waals surface area contributed by atoms with Crippen molar-refractivity contribution in [3.8, 4) is 17.6 Å². The van der Waals surface area contributed by atoms with Crippen LogP contribution in [-0.2, 0) is 4.74 Å². The SMILES string of the molecule is OCC#Cc1ccc(OCCOC2CCCCC2)cc1. The van der Waals surface area contributed by atoms with Crippen LogP contribution in [0.25, 0.3) is 0 Å². The molecule has 108 valence electrons. The molecule has 3 heteroatoms. The Morgan fingerprint density at radius 1 is 1.05 bits per heavy atom. The van der Waals surface area contributed by atoms with E-state index in [0.717, 1.165) is 11.3 Å². The minimum absolute atomic E-state index is 0.114. The zero-order chi connectivity index (χ0) is 14.0. The van der Waals surface area contributed by atoms with E-state index in [1.807, 2.05) is 24.3 Å². The normalized spacial score (nSPS) is 15.4. The fourth-order valence-corrected chi connectivity index (χ4v) is 2.38. The Hall–Kier alpha value is -1.50. The summed E-state index contributed by atoms with van der Waals surface area (Å²) in [6.07, 6.45) is 6.76. The second kappa shape index (κ2) is 8.63. The van der Waals surface area contributed by atoms with E-state index in [1.54, 1.807) is 0 Å². The average molecular weight is 274 g/mol. The average Bonchev–Trinajstić information content (AvgIpc) is 2.52. The third-order valence-electron chi connectivity index (χ3n) is 3.42. The zero-order valence-corrected chi connectivity index (χ0v) is 11.8. The Labute approximate surface area is 120 Å². The molecular weight excluding hydrogens is 252 g/mol. The van der Waals surface area contributed by atoms with E-state index >= 15 is 0 Å². The minimum Gasteiger partial charge on any atom is -0.491 e. The fraction of sp³-hybridized carbons (Fsp3) is 0.529. The van der Waals surface area contributed by atoms with Crippen molar-refractivity contribution in [2.75, 3.05) is 19.8 Å². The summed E-state index contributed by atoms with van der Waals surface area (Å²) in [6, 6.07) is 7.56. The molecule has 20 heavy (non-hydrogen) atoms. The fourth-order valence-electron chi connectivity index (χ4n) is 2.38. The molecule has 0 amide bonds. The Bertz CT molecular complexity index is 436. The molecule has 1 N–H and O–H groups in total. The Morgan fingerprint density at radius 2 is 1.80 bits per heavy atom. The predicted molar refractivity (Wildman–Crippen MR) is 78.7 cm³/mol. The summed E-state index contributed by atoms with van der Waals surface area (Å²) in [5.74, 6) is 6.29. The molecule has 0 saturated heterocycles. The number of hydrogen-bond donors (Lipinski definition) is 1. The van der Waals surface area contributed by atoms with Crippen LogP contribution in [0.3, 0.4) is 0 Å². The number of aliphatic hydroxyl groups excluding tert-OH is 1. The van der Waals surface area contributed by atoms with Gasteiger partial charge in [0.1, 0.15) is 19.0 Å². The van der Waals surface area contributed by atoms with Crippen molar-refractivity contribution in [1.82, 2.24) is 0 Å². The monoisotopic (exact) mass is 274 g/mol. The molecule has 0 atom stereocenters. The standard InChI is InChI=1S/C17H22O3/c18-12-4-5-15-8-10-17(11-9-15)20-14-13-19-16-6-2-1-3-7-16/h8-11,16,18H,1-3,6-7,12-14H2. The van der Waals surface area contributed by atoms with Crippen molar-refractivity contribution >= 4 is 0 Å². The van der Waals surface area contributed by atoms with Crippen LogP contribution in [0.4, 0.5) is 0 Å². The second-order valence-corrected chi connectivity index (χ2v) is 4.96. The van der Waals surface area contributed by atoms with Gasteiger partial charge in [0.05, 0.1) is 12.7 Å². The maximum atomic E-state index is 8.62. The van der Waals surface area contributed by atoms with Crippen LogP contribution < -0.4 is 4.74 Å². The van der Waals surface area contributed by atoms with Crippen molar-refractivity contribution in [2.24, 2.45) is 0 Å². The van der Waals surface area contributed by atoms with Gasteiger partial charge in [-0.2, -0.15) is 0 Å². The molecule has 0 radical (unpaired) electrons. The Kier molecular flexibility index (Phi) is 6.43. The van der Waals surface area contributed by atoms with Crippen LogP contribution in [0.5, 0.6) is 5.75 Å². The molecule has 1 fully saturated rings. The summed E-state index contributed by atoms with van der Waals surface area (Å²) in [7, 11) is 0. The van der Waals surface area contributed by atoms with Gasteiger partial charge in [-0.15, -0.1) is 0 Å². The third-order valence-corrected chi connectivity index (χ3v) is 3.42. The van der Waals surface area contributed by atoms with Crippen LogP contribution in [0.15, 0.2) is 24.3 Å². The van der Waals surface area contributed by atoms with E-state index in [1.165, 1.54) is 32.1 Å². The largest absolute Gasteiger partial charge is 0.491 e. The summed E-state index contributed by atoms with van der Waals surface area (Å²) in [4.78, 5) is 0. The lowest BCUT2D eigenvalue weighted by Gasteiger charge is -2.21. The van der Waals surface area contributed by atoms with Gasteiger partial charge in [0.25, 0.3) is 0 Å². The zero-order valence-electron chi connectivity index (χ0n) is 11.8. The van der Waals surface area contributed by atoms with Crippen molar-refractivity contribution in [3.63, 3.8) is 0 Å². The molecule has 3 nitrogen and oxygen atoms in total. The highest BCUT2D eigenvalue weighted by Crippen LogP contribution is 2.20. The molecule has 0 spiro atoms. The maximum absolute atomic E-state index is 8.62. The van der Waals surface area contributed by atoms with Crippen molar-refractivity contribution < 1.29 is 14.6 Å². The molecule has 0 bridgehead atoms. The smallest absolute Gasteiger partial charge is 0.119 e. The first-order valence-corrected chi connectivity index (χ1v) is 7.32. The van der Waals surface area contributed by atoms with Crippen molar-refractivity contribution in [2.45, 2.75) is 38.2 Å². The van der Waals surface area contributed by atoms with Gasteiger partial charge in [-0.3, -0.25) is 0 Å². The quantitative estimate of drug-likeness (QED) is 0.663. The lowest BCUT2D eigenvalue weighted by Crippen LogP contribution is -2.19. The van der Waals surface area contributed by atoms with Gasteiger partial charge in [0.2, 0.25) is 0 Å². The third kappa shape index (κ3) is 5.24. The molecule has 1 aromatic rings. The van der Waals surface area contributed by atoms with Gasteiger partial charge in [-0.05, 0) is 37.1 Å². The van der Waals surface area contributed by atoms with E-state index in [4.69, 9.17) is 14.6 Å². The van der Waals surface area contributed by atoms with Crippen LogP contribution in [0.1, 0.15) is 37.7 Å². The van der Waals surface area contributed by atoms with Gasteiger partial charge in [0, 0.05) is 5.56 Å². The first-order valence-electron chi connectivity index (χ1n) is 7.32. The van der Waals surface area contributed by atoms with Gasteiger partial charge >= 0.3 is 0 Å². The summed E-state index contributed by atoms with van der Waals surface area (Å²) < 4.78 is 11.4. The summed E-state index contributed by atoms with van der Waals surface area (Å²) >= 11 is 0. The van der Waals surface area contributed by atoms with Crippen LogP contribution in [0.2, 0.25) is 0 Å². The van der Waals surface area contributed by atoms with Gasteiger partial charge in [-0.1, -0.05) is 31.1 Å². The van der Waals surface area contributed by atoms with Crippen LogP contribution >= 0.6 is 0 Å². The molecule has 1 aliphatic carbocycles. The maximum Gasteiger partial charge on any atom is 0.119 e. The van der Waals surface area contributed by atoms with Gasteiger partial charge < -0.3 is 14.6 Å². The van der Waals surface area contributed by atoms with Crippen LogP contribution in [-0.4, -0.2) is 31.0 Å². The van der Waals surface area contributed by atoms with E-state index in [2.05, 4.69) is 11.8 Å². The topological polar surface area (TPSA) is 38.7 Å². The lowest BCUT2D eigenvalue weighted by molar-refractivity contribution is 0.0129. The van der Waals surface area contributed by atoms with Gasteiger partial charge in [-0.25, -0.2) is 0 Å². The number of rotatable bonds is 5. The molecule has 2 rings (SSSR count). The first-order chi connectivity index (χ1) is 9.88. The van der Waals surface area contributed by atoms with Crippen molar-refractivity contribution in [1.29, 1.82) is 0 Å². The van der Waals surface area contributed by atoms with E-state index in [-0.39, 0.29) is 6.61 Å². The second-order valence-electron chi connectivity index (χ2n) is 4.96. The molecule has 0 aromatic heterocycles. The number of ether oxygens (including phenoxy) is 2. The summed E-state index contributed by atoms with van der Waals surface area (Å²) in [6.45, 7) is 1.12. The highest BCUT2D eigenvalue weighted by molar-refractivity contribution is 5.38. The van der Waals surface area contributed by atoms with Gasteiger partial charge in [0.15, 0.2) is 0 Å². The summed E-state index contributed by atoms with van der Waals surface area (Å²) in [5.41, 5.74) is 0.879. The number of benzene rings is 1. The summed E-state index contributed by atoms with van der Waals surface area (Å²) in [5, 5.41) is 8.62. The minimum atomic E-state index is -0.114. The Balaban J connectivity index is 1.66. The number of hydrogen-bond acceptors (Lipinski definition) is 3. The molecule has 0 unspecified atom stereocenters. The highest BCUT2D eigenvalue weighted by atomic mass is 16.5. The van der Waals surface area contributed by atoms with E-state index in [9.17, 15) is 0 Å². The molecule has 1 aliphatic rings. The highest BCUT2D eigenvalue weighted by Gasteiger charge is 2.13. The number of aliphatic hydroxyl groups is 1. The Morgan fingerprint density at radius 3 is 2.50 bits per heavy atom. The molecule has 1 saturated carbocycles. The molecule has 1 aromatic carbocycles. The predicted octanol–water partition coefficient (Wildman–Crippen LogP) is 2.76. The van der Waals surface area contributed by atoms with Crippen LogP contribution in [0, 0.1) is 11.8 Å². The van der Waals surface area contributed by atoms with Crippen molar-refractivity contribution in [3.05, 3.63) is 29.8 Å². The van der Waals surface area contributed by atoms with E-state index in [0.29, 0.717) is 19.3 Å². The first kappa shape index (κ1) is 14.9. The molecule has 0 heterocycles. The molecular formula is C17H22O3. The van der Waals surface area contributed by atoms with E-state index < -0.39 is 0 Å². The molecule has 0 aliphatic heterocycles.